The molecule has 0 amide bonds. The van der Waals surface area contributed by atoms with Gasteiger partial charge in [-0.25, -0.2) is 9.98 Å². The monoisotopic (exact) mass is 729 g/mol. The lowest BCUT2D eigenvalue weighted by Crippen LogP contribution is -2.33. The van der Waals surface area contributed by atoms with Gasteiger partial charge in [-0.05, 0) is 84.8 Å². The molecule has 0 saturated heterocycles. The Kier molecular flexibility index (Phi) is 7.85. The highest BCUT2D eigenvalue weighted by molar-refractivity contribution is 6.22. The van der Waals surface area contributed by atoms with E-state index in [9.17, 15) is 0 Å². The van der Waals surface area contributed by atoms with E-state index in [1.807, 2.05) is 18.2 Å². The first-order valence-electron chi connectivity index (χ1n) is 19.3. The standard InChI is InChI=1S/C53H35N3O/c1-2-10-34(11-3-1)36-20-22-37(23-21-36)42-30-31-46-49(33-42)57-48-19-9-18-47(50(46)48)53-55-51(54-52(56-53)43-29-24-35-12-4-5-14-41(35)32-43)40-27-25-39(26-28-40)45-17-8-15-38-13-6-7-16-44(38)45/h1-33,51H,(H,54,55,56). The molecule has 1 aliphatic rings. The highest BCUT2D eigenvalue weighted by Gasteiger charge is 2.24. The van der Waals surface area contributed by atoms with Crippen LogP contribution in [-0.2, 0) is 0 Å². The molecule has 1 aliphatic heterocycles. The van der Waals surface area contributed by atoms with Crippen molar-refractivity contribution < 1.29 is 4.42 Å². The predicted octanol–water partition coefficient (Wildman–Crippen LogP) is 13.4. The van der Waals surface area contributed by atoms with E-state index in [1.54, 1.807) is 0 Å². The van der Waals surface area contributed by atoms with Crippen molar-refractivity contribution in [3.63, 3.8) is 0 Å². The Hall–Kier alpha value is -7.56. The van der Waals surface area contributed by atoms with Crippen molar-refractivity contribution in [1.82, 2.24) is 5.32 Å². The summed E-state index contributed by atoms with van der Waals surface area (Å²) < 4.78 is 6.58. The van der Waals surface area contributed by atoms with Crippen LogP contribution in [0.4, 0.5) is 0 Å². The normalized spacial score (nSPS) is 14.1. The van der Waals surface area contributed by atoms with E-state index in [0.717, 1.165) is 61.0 Å². The molecular weight excluding hydrogens is 695 g/mol. The third-order valence-electron chi connectivity index (χ3n) is 11.2. The van der Waals surface area contributed by atoms with Crippen molar-refractivity contribution in [1.29, 1.82) is 0 Å². The van der Waals surface area contributed by atoms with Gasteiger partial charge in [0.2, 0.25) is 0 Å². The highest BCUT2D eigenvalue weighted by Crippen LogP contribution is 2.37. The average Bonchev–Trinajstić information content (AvgIpc) is 3.67. The molecule has 1 N–H and O–H groups in total. The van der Waals surface area contributed by atoms with E-state index < -0.39 is 0 Å². The van der Waals surface area contributed by atoms with Crippen molar-refractivity contribution in [3.8, 4) is 33.4 Å². The molecule has 0 fully saturated rings. The quantitative estimate of drug-likeness (QED) is 0.185. The van der Waals surface area contributed by atoms with Crippen molar-refractivity contribution in [3.05, 3.63) is 217 Å². The zero-order chi connectivity index (χ0) is 37.7. The number of benzene rings is 9. The summed E-state index contributed by atoms with van der Waals surface area (Å²) in [5.74, 6) is 1.44. The summed E-state index contributed by atoms with van der Waals surface area (Å²) >= 11 is 0. The summed E-state index contributed by atoms with van der Waals surface area (Å²) in [6.07, 6.45) is -0.362. The molecule has 0 spiro atoms. The van der Waals surface area contributed by atoms with E-state index in [1.165, 1.54) is 38.4 Å². The van der Waals surface area contributed by atoms with E-state index in [4.69, 9.17) is 14.4 Å². The summed E-state index contributed by atoms with van der Waals surface area (Å²) in [6.45, 7) is 0. The summed E-state index contributed by atoms with van der Waals surface area (Å²) in [7, 11) is 0. The highest BCUT2D eigenvalue weighted by atomic mass is 16.3. The van der Waals surface area contributed by atoms with Gasteiger partial charge < -0.3 is 9.73 Å². The molecule has 10 aromatic rings. The van der Waals surface area contributed by atoms with Crippen LogP contribution in [0.5, 0.6) is 0 Å². The maximum absolute atomic E-state index is 6.58. The average molecular weight is 730 g/mol. The van der Waals surface area contributed by atoms with E-state index in [-0.39, 0.29) is 6.17 Å². The van der Waals surface area contributed by atoms with Crippen molar-refractivity contribution >= 4 is 55.2 Å². The predicted molar refractivity (Wildman–Crippen MR) is 237 cm³/mol. The second-order valence-corrected chi connectivity index (χ2v) is 14.6. The number of nitrogens with one attached hydrogen (secondary N) is 1. The minimum Gasteiger partial charge on any atom is -0.456 e. The lowest BCUT2D eigenvalue weighted by Gasteiger charge is -2.24. The molecule has 0 aliphatic carbocycles. The fourth-order valence-corrected chi connectivity index (χ4v) is 8.22. The fourth-order valence-electron chi connectivity index (χ4n) is 8.22. The second-order valence-electron chi connectivity index (χ2n) is 14.6. The Balaban J connectivity index is 1.00. The Bertz CT molecular complexity index is 3190. The molecule has 11 rings (SSSR count). The number of furan rings is 1. The number of fused-ring (bicyclic) bond motifs is 5. The number of aliphatic imine (C=N–C) groups is 2. The van der Waals surface area contributed by atoms with E-state index in [2.05, 4.69) is 187 Å². The summed E-state index contributed by atoms with van der Waals surface area (Å²) in [5.41, 5.74) is 11.6. The van der Waals surface area contributed by atoms with Crippen LogP contribution >= 0.6 is 0 Å². The van der Waals surface area contributed by atoms with Crippen LogP contribution < -0.4 is 5.32 Å². The topological polar surface area (TPSA) is 49.9 Å². The molecule has 0 radical (unpaired) electrons. The first kappa shape index (κ1) is 32.8. The van der Waals surface area contributed by atoms with Gasteiger partial charge in [0.15, 0.2) is 5.84 Å². The number of amidine groups is 2. The molecule has 2 heterocycles. The molecular formula is C53H35N3O. The zero-order valence-electron chi connectivity index (χ0n) is 30.9. The molecule has 1 atom stereocenters. The van der Waals surface area contributed by atoms with Gasteiger partial charge in [-0.2, -0.15) is 0 Å². The van der Waals surface area contributed by atoms with E-state index >= 15 is 0 Å². The van der Waals surface area contributed by atoms with Gasteiger partial charge in [-0.1, -0.05) is 176 Å². The Morgan fingerprint density at radius 2 is 1.04 bits per heavy atom. The zero-order valence-corrected chi connectivity index (χ0v) is 30.9. The van der Waals surface area contributed by atoms with Crippen LogP contribution in [0.1, 0.15) is 22.9 Å². The first-order chi connectivity index (χ1) is 28.2. The molecule has 268 valence electrons. The lowest BCUT2D eigenvalue weighted by atomic mass is 9.97. The molecule has 57 heavy (non-hydrogen) atoms. The number of rotatable bonds is 6. The third kappa shape index (κ3) is 5.96. The lowest BCUT2D eigenvalue weighted by molar-refractivity contribution is 0.668. The molecule has 4 nitrogen and oxygen atoms in total. The van der Waals surface area contributed by atoms with Crippen LogP contribution in [-0.4, -0.2) is 11.7 Å². The van der Waals surface area contributed by atoms with Crippen molar-refractivity contribution in [2.24, 2.45) is 9.98 Å². The second kappa shape index (κ2) is 13.6. The Morgan fingerprint density at radius 1 is 0.404 bits per heavy atom. The molecule has 0 bridgehead atoms. The fraction of sp³-hybridized carbons (Fsp3) is 0.0189. The summed E-state index contributed by atoms with van der Waals surface area (Å²) in [4.78, 5) is 10.6. The first-order valence-corrected chi connectivity index (χ1v) is 19.3. The maximum atomic E-state index is 6.58. The van der Waals surface area contributed by atoms with Crippen molar-refractivity contribution in [2.75, 3.05) is 0 Å². The third-order valence-corrected chi connectivity index (χ3v) is 11.2. The minimum absolute atomic E-state index is 0.362. The van der Waals surface area contributed by atoms with Gasteiger partial charge >= 0.3 is 0 Å². The smallest absolute Gasteiger partial charge is 0.160 e. The van der Waals surface area contributed by atoms with Crippen molar-refractivity contribution in [2.45, 2.75) is 6.17 Å². The SMILES string of the molecule is c1ccc(-c2ccc(-c3ccc4c(c3)oc3cccc(C5=NC(c6ccc(-c7cccc8ccccc78)cc6)NC(c6ccc7ccccc7c6)=N5)c34)cc2)cc1. The maximum Gasteiger partial charge on any atom is 0.160 e. The molecule has 1 aromatic heterocycles. The molecule has 1 unspecified atom stereocenters. The van der Waals surface area contributed by atoms with Gasteiger partial charge in [-0.15, -0.1) is 0 Å². The largest absolute Gasteiger partial charge is 0.456 e. The van der Waals surface area contributed by atoms with Gasteiger partial charge in [0.25, 0.3) is 0 Å². The van der Waals surface area contributed by atoms with Gasteiger partial charge in [0, 0.05) is 21.9 Å². The van der Waals surface area contributed by atoms with Crippen LogP contribution in [0.25, 0.3) is 76.9 Å². The Morgan fingerprint density at radius 3 is 1.88 bits per heavy atom. The van der Waals surface area contributed by atoms with Crippen LogP contribution in [0.2, 0.25) is 0 Å². The van der Waals surface area contributed by atoms with Gasteiger partial charge in [0.05, 0.1) is 0 Å². The summed E-state index contributed by atoms with van der Waals surface area (Å²) in [5, 5.41) is 10.6. The molecule has 4 heteroatoms. The molecule has 9 aromatic carbocycles. The van der Waals surface area contributed by atoms with Crippen LogP contribution in [0, 0.1) is 0 Å². The summed E-state index contributed by atoms with van der Waals surface area (Å²) in [6, 6.07) is 70.6. The molecule has 0 saturated carbocycles. The van der Waals surface area contributed by atoms with Crippen LogP contribution in [0.3, 0.4) is 0 Å². The number of nitrogens with zero attached hydrogens (tertiary/aromatic N) is 2. The van der Waals surface area contributed by atoms with Gasteiger partial charge in [0.1, 0.15) is 23.2 Å². The van der Waals surface area contributed by atoms with Crippen LogP contribution in [0.15, 0.2) is 215 Å². The van der Waals surface area contributed by atoms with E-state index in [0.29, 0.717) is 5.84 Å². The Labute approximate surface area is 330 Å². The number of hydrogen-bond acceptors (Lipinski definition) is 4. The minimum atomic E-state index is -0.362. The number of hydrogen-bond donors (Lipinski definition) is 1. The van der Waals surface area contributed by atoms with Gasteiger partial charge in [-0.3, -0.25) is 0 Å².